The minimum absolute atomic E-state index is 0.0218. The van der Waals surface area contributed by atoms with Crippen LogP contribution in [0.1, 0.15) is 42.1 Å². The van der Waals surface area contributed by atoms with E-state index in [9.17, 15) is 14.4 Å². The minimum atomic E-state index is -0.993. The topological polar surface area (TPSA) is 74.7 Å². The lowest BCUT2D eigenvalue weighted by Gasteiger charge is -2.15. The molecule has 1 amide bonds. The Kier molecular flexibility index (Phi) is 3.38. The zero-order valence-corrected chi connectivity index (χ0v) is 10.8. The number of benzene rings is 1. The van der Waals surface area contributed by atoms with Crippen LogP contribution in [0.5, 0.6) is 0 Å². The fraction of sp³-hybridized carbons (Fsp3) is 0.357. The second-order valence-corrected chi connectivity index (χ2v) is 4.86. The molecule has 1 aromatic carbocycles. The zero-order chi connectivity index (χ0) is 14.2. The van der Waals surface area contributed by atoms with Gasteiger partial charge in [0, 0.05) is 6.54 Å². The molecule has 19 heavy (non-hydrogen) atoms. The Bertz CT molecular complexity index is 563. The Morgan fingerprint density at radius 3 is 2.58 bits per heavy atom. The predicted octanol–water partition coefficient (Wildman–Crippen LogP) is 1.81. The lowest BCUT2D eigenvalue weighted by atomic mass is 9.99. The van der Waals surface area contributed by atoms with Crippen molar-refractivity contribution in [1.29, 1.82) is 0 Å². The van der Waals surface area contributed by atoms with E-state index >= 15 is 0 Å². The summed E-state index contributed by atoms with van der Waals surface area (Å²) >= 11 is 0. The highest BCUT2D eigenvalue weighted by Gasteiger charge is 2.35. The van der Waals surface area contributed by atoms with Crippen LogP contribution >= 0.6 is 0 Å². The van der Waals surface area contributed by atoms with E-state index in [2.05, 4.69) is 0 Å². The Labute approximate surface area is 110 Å². The maximum atomic E-state index is 11.9. The highest BCUT2D eigenvalue weighted by Crippen LogP contribution is 2.31. The lowest BCUT2D eigenvalue weighted by Crippen LogP contribution is -2.31. The molecule has 0 aromatic heterocycles. The number of carbonyl (C=O) groups is 3. The van der Waals surface area contributed by atoms with Crippen LogP contribution in [-0.4, -0.2) is 29.3 Å². The first-order valence-electron chi connectivity index (χ1n) is 6.13. The summed E-state index contributed by atoms with van der Waals surface area (Å²) in [6.45, 7) is 4.03. The molecule has 2 rings (SSSR count). The van der Waals surface area contributed by atoms with Gasteiger partial charge in [-0.2, -0.15) is 0 Å². The van der Waals surface area contributed by atoms with Crippen molar-refractivity contribution in [2.24, 2.45) is 0 Å². The molecule has 5 heteroatoms. The van der Waals surface area contributed by atoms with Crippen LogP contribution in [0.15, 0.2) is 18.2 Å². The molecular weight excluding hydrogens is 246 g/mol. The zero-order valence-electron chi connectivity index (χ0n) is 10.8. The van der Waals surface area contributed by atoms with Crippen molar-refractivity contribution in [1.82, 2.24) is 0 Å². The van der Waals surface area contributed by atoms with E-state index in [1.807, 2.05) is 19.9 Å². The molecule has 0 radical (unpaired) electrons. The third-order valence-electron chi connectivity index (χ3n) is 3.21. The number of hydrogen-bond acceptors (Lipinski definition) is 3. The van der Waals surface area contributed by atoms with E-state index in [1.165, 1.54) is 4.90 Å². The van der Waals surface area contributed by atoms with Crippen molar-refractivity contribution in [2.75, 3.05) is 11.4 Å². The molecule has 5 nitrogen and oxygen atoms in total. The number of ketones is 1. The summed E-state index contributed by atoms with van der Waals surface area (Å²) in [6.07, 6.45) is -0.176. The van der Waals surface area contributed by atoms with E-state index in [1.54, 1.807) is 12.1 Å². The molecule has 0 unspecified atom stereocenters. The molecule has 1 aromatic rings. The van der Waals surface area contributed by atoms with E-state index in [4.69, 9.17) is 5.11 Å². The van der Waals surface area contributed by atoms with Crippen LogP contribution in [0, 0.1) is 0 Å². The van der Waals surface area contributed by atoms with Gasteiger partial charge in [-0.25, -0.2) is 0 Å². The number of nitrogens with zero attached hydrogens (tertiary/aromatic N) is 1. The van der Waals surface area contributed by atoms with Crippen LogP contribution in [0.4, 0.5) is 5.69 Å². The maximum absolute atomic E-state index is 11.9. The van der Waals surface area contributed by atoms with Gasteiger partial charge in [-0.05, 0) is 23.6 Å². The predicted molar refractivity (Wildman–Crippen MR) is 69.5 cm³/mol. The second kappa shape index (κ2) is 4.84. The molecule has 1 N–H and O–H groups in total. The average Bonchev–Trinajstić information content (AvgIpc) is 2.59. The summed E-state index contributed by atoms with van der Waals surface area (Å²) in [7, 11) is 0. The van der Waals surface area contributed by atoms with E-state index in [0.717, 1.165) is 5.56 Å². The number of amides is 1. The van der Waals surface area contributed by atoms with E-state index < -0.39 is 17.7 Å². The van der Waals surface area contributed by atoms with E-state index in [0.29, 0.717) is 11.3 Å². The fourth-order valence-electron chi connectivity index (χ4n) is 2.11. The number of Topliss-reactive ketones (excluding diaryl/α,β-unsaturated/α-hetero) is 1. The molecule has 0 atom stereocenters. The van der Waals surface area contributed by atoms with Gasteiger partial charge in [-0.15, -0.1) is 0 Å². The number of fused-ring (bicyclic) bond motifs is 1. The summed E-state index contributed by atoms with van der Waals surface area (Å²) in [5.41, 5.74) is 1.88. The van der Waals surface area contributed by atoms with Crippen LogP contribution in [-0.2, 0) is 9.59 Å². The summed E-state index contributed by atoms with van der Waals surface area (Å²) in [5.74, 6) is -1.92. The van der Waals surface area contributed by atoms with Gasteiger partial charge in [0.1, 0.15) is 0 Å². The van der Waals surface area contributed by atoms with Gasteiger partial charge in [-0.3, -0.25) is 14.4 Å². The van der Waals surface area contributed by atoms with Crippen LogP contribution in [0.2, 0.25) is 0 Å². The average molecular weight is 261 g/mol. The third kappa shape index (κ3) is 2.36. The number of aliphatic carboxylic acids is 1. The number of carbonyl (C=O) groups excluding carboxylic acids is 2. The van der Waals surface area contributed by atoms with Gasteiger partial charge in [0.15, 0.2) is 0 Å². The lowest BCUT2D eigenvalue weighted by molar-refractivity contribution is -0.136. The van der Waals surface area contributed by atoms with Gasteiger partial charge in [-0.1, -0.05) is 19.9 Å². The first kappa shape index (κ1) is 13.3. The third-order valence-corrected chi connectivity index (χ3v) is 3.21. The first-order valence-corrected chi connectivity index (χ1v) is 6.13. The van der Waals surface area contributed by atoms with Crippen molar-refractivity contribution in [2.45, 2.75) is 26.2 Å². The normalized spacial score (nSPS) is 14.2. The second-order valence-electron chi connectivity index (χ2n) is 4.86. The van der Waals surface area contributed by atoms with Gasteiger partial charge in [0.25, 0.3) is 11.7 Å². The molecule has 100 valence electrons. The Balaban J connectivity index is 2.36. The Morgan fingerprint density at radius 2 is 2.00 bits per heavy atom. The van der Waals surface area contributed by atoms with Gasteiger partial charge >= 0.3 is 5.97 Å². The van der Waals surface area contributed by atoms with Gasteiger partial charge in [0.05, 0.1) is 17.7 Å². The largest absolute Gasteiger partial charge is 0.481 e. The van der Waals surface area contributed by atoms with Crippen LogP contribution < -0.4 is 4.90 Å². The van der Waals surface area contributed by atoms with Gasteiger partial charge < -0.3 is 10.0 Å². The van der Waals surface area contributed by atoms with Crippen molar-refractivity contribution in [3.05, 3.63) is 29.3 Å². The number of carboxylic acid groups (broad SMARTS) is 1. The van der Waals surface area contributed by atoms with Crippen molar-refractivity contribution in [3.63, 3.8) is 0 Å². The summed E-state index contributed by atoms with van der Waals surface area (Å²) in [6, 6.07) is 5.31. The molecule has 0 saturated carbocycles. The Hall–Kier alpha value is -2.17. The molecule has 0 spiro atoms. The molecule has 0 fully saturated rings. The highest BCUT2D eigenvalue weighted by atomic mass is 16.4. The standard InChI is InChI=1S/C14H15NO4/c1-8(2)9-3-4-11-10(7-9)13(18)14(19)15(11)6-5-12(16)17/h3-4,7-8H,5-6H2,1-2H3,(H,16,17). The SMILES string of the molecule is CC(C)c1ccc2c(c1)C(=O)C(=O)N2CCC(=O)O. The highest BCUT2D eigenvalue weighted by molar-refractivity contribution is 6.52. The van der Waals surface area contributed by atoms with Gasteiger partial charge in [0.2, 0.25) is 0 Å². The van der Waals surface area contributed by atoms with Crippen molar-refractivity contribution in [3.8, 4) is 0 Å². The van der Waals surface area contributed by atoms with Crippen LogP contribution in [0.3, 0.4) is 0 Å². The Morgan fingerprint density at radius 1 is 1.32 bits per heavy atom. The number of carboxylic acids is 1. The smallest absolute Gasteiger partial charge is 0.305 e. The summed E-state index contributed by atoms with van der Waals surface area (Å²) < 4.78 is 0. The summed E-state index contributed by atoms with van der Waals surface area (Å²) in [5, 5.41) is 8.67. The molecule has 0 bridgehead atoms. The maximum Gasteiger partial charge on any atom is 0.305 e. The fourth-order valence-corrected chi connectivity index (χ4v) is 2.11. The number of anilines is 1. The van der Waals surface area contributed by atoms with Crippen LogP contribution in [0.25, 0.3) is 0 Å². The number of rotatable bonds is 4. The molecular formula is C14H15NO4. The first-order chi connectivity index (χ1) is 8.91. The molecule has 0 aliphatic carbocycles. The van der Waals surface area contributed by atoms with E-state index in [-0.39, 0.29) is 18.9 Å². The number of hydrogen-bond donors (Lipinski definition) is 1. The molecule has 1 heterocycles. The monoisotopic (exact) mass is 261 g/mol. The minimum Gasteiger partial charge on any atom is -0.481 e. The molecule has 1 aliphatic rings. The molecule has 1 aliphatic heterocycles. The summed E-state index contributed by atoms with van der Waals surface area (Å²) in [4.78, 5) is 35.5. The quantitative estimate of drug-likeness (QED) is 0.839. The molecule has 0 saturated heterocycles. The van der Waals surface area contributed by atoms with Crippen molar-refractivity contribution < 1.29 is 19.5 Å². The van der Waals surface area contributed by atoms with Crippen molar-refractivity contribution >= 4 is 23.3 Å².